The Balaban J connectivity index is 1.14. The van der Waals surface area contributed by atoms with E-state index in [1.165, 1.54) is 44.5 Å². The summed E-state index contributed by atoms with van der Waals surface area (Å²) in [5, 5.41) is 6.21. The monoisotopic (exact) mass is 603 g/mol. The Morgan fingerprint density at radius 2 is 1.04 bits per heavy atom. The van der Waals surface area contributed by atoms with E-state index in [1.807, 2.05) is 12.1 Å². The minimum absolute atomic E-state index is 0.162. The van der Waals surface area contributed by atoms with Crippen LogP contribution in [0.4, 0.5) is 11.4 Å². The Hall–Kier alpha value is -5.86. The van der Waals surface area contributed by atoms with Crippen LogP contribution in [0, 0.1) is 0 Å². The van der Waals surface area contributed by atoms with Crippen LogP contribution in [0.2, 0.25) is 0 Å². The highest BCUT2D eigenvalue weighted by Crippen LogP contribution is 2.54. The van der Waals surface area contributed by atoms with Crippen molar-refractivity contribution in [1.82, 2.24) is 0 Å². The predicted octanol–water partition coefficient (Wildman–Crippen LogP) is 12.6. The van der Waals surface area contributed by atoms with Crippen LogP contribution in [0.1, 0.15) is 25.0 Å². The average molecular weight is 604 g/mol. The van der Waals surface area contributed by atoms with Gasteiger partial charge >= 0.3 is 0 Å². The topological polar surface area (TPSA) is 25.2 Å². The zero-order valence-corrected chi connectivity index (χ0v) is 26.4. The minimum atomic E-state index is -0.162. The molecule has 1 aromatic heterocycles. The lowest BCUT2D eigenvalue weighted by Crippen LogP contribution is -2.17. The van der Waals surface area contributed by atoms with Gasteiger partial charge in [0.15, 0.2) is 0 Å². The summed E-state index contributed by atoms with van der Waals surface area (Å²) in [5.41, 5.74) is 16.2. The molecule has 0 bridgehead atoms. The third-order valence-corrected chi connectivity index (χ3v) is 9.89. The van der Waals surface area contributed by atoms with Crippen molar-refractivity contribution in [3.8, 4) is 44.5 Å². The molecule has 0 spiro atoms. The summed E-state index contributed by atoms with van der Waals surface area (Å²) in [4.78, 5) is 0. The maximum atomic E-state index is 6.35. The normalized spacial score (nSPS) is 13.1. The van der Waals surface area contributed by atoms with Gasteiger partial charge in [-0.1, -0.05) is 153 Å². The molecular formula is C45H33NO. The third kappa shape index (κ3) is 4.40. The third-order valence-electron chi connectivity index (χ3n) is 9.89. The van der Waals surface area contributed by atoms with Crippen LogP contribution < -0.4 is 5.32 Å². The minimum Gasteiger partial charge on any atom is -0.455 e. The largest absolute Gasteiger partial charge is 0.455 e. The fourth-order valence-electron chi connectivity index (χ4n) is 7.57. The van der Waals surface area contributed by atoms with Crippen LogP contribution in [-0.2, 0) is 5.41 Å². The molecule has 0 amide bonds. The second kappa shape index (κ2) is 10.6. The van der Waals surface area contributed by atoms with E-state index in [9.17, 15) is 0 Å². The van der Waals surface area contributed by atoms with E-state index in [4.69, 9.17) is 4.42 Å². The molecule has 1 heterocycles. The number of hydrogen-bond donors (Lipinski definition) is 1. The smallest absolute Gasteiger partial charge is 0.143 e. The summed E-state index contributed by atoms with van der Waals surface area (Å²) >= 11 is 0. The summed E-state index contributed by atoms with van der Waals surface area (Å²) in [5.74, 6) is 0. The first-order valence-electron chi connectivity index (χ1n) is 16.3. The molecule has 1 N–H and O–H groups in total. The van der Waals surface area contributed by atoms with Gasteiger partial charge in [-0.15, -0.1) is 0 Å². The molecule has 0 radical (unpaired) electrons. The standard InChI is InChI=1S/C45H33NO/c1-45(2)40-17-8-6-13-36(40)38-28-27-34(31-21-19-30(20-22-31)29-11-4-3-5-12-29)43(42(38)45)46-33-25-23-32(24-26-33)35-15-10-16-39-37-14-7-9-18-41(37)47-44(35)39/h3-28,46H,1-2H3. The summed E-state index contributed by atoms with van der Waals surface area (Å²) in [6, 6.07) is 56.4. The number of fused-ring (bicyclic) bond motifs is 6. The number of rotatable bonds is 5. The number of nitrogens with one attached hydrogen (secondary N) is 1. The molecule has 2 nitrogen and oxygen atoms in total. The second-order valence-corrected chi connectivity index (χ2v) is 13.0. The van der Waals surface area contributed by atoms with Crippen molar-refractivity contribution in [2.75, 3.05) is 5.32 Å². The van der Waals surface area contributed by atoms with Gasteiger partial charge < -0.3 is 9.73 Å². The van der Waals surface area contributed by atoms with Gasteiger partial charge in [-0.25, -0.2) is 0 Å². The van der Waals surface area contributed by atoms with Crippen molar-refractivity contribution in [2.24, 2.45) is 0 Å². The number of hydrogen-bond acceptors (Lipinski definition) is 2. The van der Waals surface area contributed by atoms with E-state index in [0.717, 1.165) is 44.4 Å². The highest BCUT2D eigenvalue weighted by Gasteiger charge is 2.38. The average Bonchev–Trinajstić information content (AvgIpc) is 3.62. The first-order valence-corrected chi connectivity index (χ1v) is 16.3. The molecule has 0 atom stereocenters. The Labute approximate surface area is 275 Å². The maximum absolute atomic E-state index is 6.35. The quantitative estimate of drug-likeness (QED) is 0.212. The summed E-state index contributed by atoms with van der Waals surface area (Å²) in [6.45, 7) is 4.70. The second-order valence-electron chi connectivity index (χ2n) is 13.0. The molecule has 0 saturated heterocycles. The molecule has 7 aromatic carbocycles. The van der Waals surface area contributed by atoms with Crippen molar-refractivity contribution in [2.45, 2.75) is 19.3 Å². The van der Waals surface area contributed by atoms with Gasteiger partial charge in [-0.3, -0.25) is 0 Å². The van der Waals surface area contributed by atoms with Crippen LogP contribution >= 0.6 is 0 Å². The van der Waals surface area contributed by atoms with Gasteiger partial charge in [0.1, 0.15) is 11.2 Å². The number of furan rings is 1. The maximum Gasteiger partial charge on any atom is 0.143 e. The molecule has 0 aliphatic heterocycles. The predicted molar refractivity (Wildman–Crippen MR) is 197 cm³/mol. The van der Waals surface area contributed by atoms with Crippen LogP contribution in [0.5, 0.6) is 0 Å². The van der Waals surface area contributed by atoms with Crippen LogP contribution in [0.15, 0.2) is 162 Å². The van der Waals surface area contributed by atoms with Gasteiger partial charge in [-0.2, -0.15) is 0 Å². The highest BCUT2D eigenvalue weighted by atomic mass is 16.3. The molecule has 9 rings (SSSR count). The zero-order chi connectivity index (χ0) is 31.5. The zero-order valence-electron chi connectivity index (χ0n) is 26.4. The Morgan fingerprint density at radius 3 is 1.87 bits per heavy atom. The Bertz CT molecular complexity index is 2430. The van der Waals surface area contributed by atoms with E-state index < -0.39 is 0 Å². The van der Waals surface area contributed by atoms with E-state index in [0.29, 0.717) is 0 Å². The van der Waals surface area contributed by atoms with Gasteiger partial charge in [0.2, 0.25) is 0 Å². The van der Waals surface area contributed by atoms with E-state index in [-0.39, 0.29) is 5.41 Å². The van der Waals surface area contributed by atoms with Crippen molar-refractivity contribution < 1.29 is 4.42 Å². The first-order chi connectivity index (χ1) is 23.1. The molecule has 1 aliphatic rings. The van der Waals surface area contributed by atoms with Crippen molar-refractivity contribution >= 4 is 33.3 Å². The Kier molecular flexibility index (Phi) is 6.20. The summed E-state index contributed by atoms with van der Waals surface area (Å²) < 4.78 is 6.35. The first kappa shape index (κ1) is 27.5. The van der Waals surface area contributed by atoms with Crippen LogP contribution in [0.3, 0.4) is 0 Å². The van der Waals surface area contributed by atoms with Crippen LogP contribution in [-0.4, -0.2) is 0 Å². The van der Waals surface area contributed by atoms with Crippen molar-refractivity contribution in [3.05, 3.63) is 169 Å². The highest BCUT2D eigenvalue weighted by molar-refractivity contribution is 6.09. The Morgan fingerprint density at radius 1 is 0.447 bits per heavy atom. The fraction of sp³-hybridized carbons (Fsp3) is 0.0667. The van der Waals surface area contributed by atoms with Gasteiger partial charge in [0.05, 0.1) is 5.69 Å². The number of para-hydroxylation sites is 2. The van der Waals surface area contributed by atoms with Gasteiger partial charge in [-0.05, 0) is 62.7 Å². The molecule has 2 heteroatoms. The summed E-state index contributed by atoms with van der Waals surface area (Å²) in [6.07, 6.45) is 0. The van der Waals surface area contributed by atoms with Gasteiger partial charge in [0.25, 0.3) is 0 Å². The van der Waals surface area contributed by atoms with Crippen LogP contribution in [0.25, 0.3) is 66.4 Å². The molecule has 8 aromatic rings. The van der Waals surface area contributed by atoms with E-state index in [2.05, 4.69) is 165 Å². The lowest BCUT2D eigenvalue weighted by Gasteiger charge is -2.27. The molecule has 0 fully saturated rings. The lowest BCUT2D eigenvalue weighted by molar-refractivity contribution is 0.662. The molecule has 1 aliphatic carbocycles. The summed E-state index contributed by atoms with van der Waals surface area (Å²) in [7, 11) is 0. The molecule has 47 heavy (non-hydrogen) atoms. The van der Waals surface area contributed by atoms with E-state index in [1.54, 1.807) is 0 Å². The molecular weight excluding hydrogens is 571 g/mol. The molecule has 0 unspecified atom stereocenters. The number of anilines is 2. The SMILES string of the molecule is CC1(C)c2ccccc2-c2ccc(-c3ccc(-c4ccccc4)cc3)c(Nc3ccc(-c4cccc5c4oc4ccccc45)cc3)c21. The van der Waals surface area contributed by atoms with Crippen molar-refractivity contribution in [1.29, 1.82) is 0 Å². The lowest BCUT2D eigenvalue weighted by atomic mass is 9.80. The van der Waals surface area contributed by atoms with Gasteiger partial charge in [0, 0.05) is 33.0 Å². The molecule has 224 valence electrons. The fourth-order valence-corrected chi connectivity index (χ4v) is 7.57. The number of benzene rings is 7. The van der Waals surface area contributed by atoms with E-state index >= 15 is 0 Å². The molecule has 0 saturated carbocycles. The van der Waals surface area contributed by atoms with Crippen molar-refractivity contribution in [3.63, 3.8) is 0 Å².